The molecule has 1 amide bonds. The van der Waals surface area contributed by atoms with E-state index in [0.717, 1.165) is 24.8 Å². The first-order valence-electron chi connectivity index (χ1n) is 21.3. The zero-order valence-corrected chi connectivity index (χ0v) is 35.6. The van der Waals surface area contributed by atoms with Crippen LogP contribution in [0.2, 0.25) is 0 Å². The number of likely N-dealkylation sites (tertiary alicyclic amines) is 3. The molecular weight excluding hydrogens is 834 g/mol. The number of nitrogens with one attached hydrogen (secondary N) is 1. The van der Waals surface area contributed by atoms with Crippen LogP contribution in [0.15, 0.2) is 43.0 Å². The molecule has 4 aliphatic rings. The smallest absolute Gasteiger partial charge is 0.245 e. The summed E-state index contributed by atoms with van der Waals surface area (Å²) in [4.78, 5) is 16.3. The third kappa shape index (κ3) is 17.5. The first kappa shape index (κ1) is 55.7. The van der Waals surface area contributed by atoms with Gasteiger partial charge in [-0.1, -0.05) is 63.1 Å². The lowest BCUT2D eigenvalue weighted by molar-refractivity contribution is -0.150. The number of unbranched alkanes of at least 4 members (excludes halogenated alkanes) is 2. The molecule has 14 nitrogen and oxygen atoms in total. The van der Waals surface area contributed by atoms with E-state index in [2.05, 4.69) is 11.9 Å². The molecule has 5 rings (SSSR count). The number of aliphatic hydroxyl groups excluding tert-OH is 9. The van der Waals surface area contributed by atoms with Gasteiger partial charge in [0.1, 0.15) is 0 Å². The van der Waals surface area contributed by atoms with Gasteiger partial charge in [-0.05, 0) is 24.9 Å². The summed E-state index contributed by atoms with van der Waals surface area (Å²) in [5.41, 5.74) is 0.766. The van der Waals surface area contributed by atoms with Gasteiger partial charge in [-0.15, -0.1) is 6.58 Å². The summed E-state index contributed by atoms with van der Waals surface area (Å²) in [6, 6.07) is 9.20. The molecule has 0 spiro atoms. The molecule has 0 bridgehead atoms. The van der Waals surface area contributed by atoms with Crippen molar-refractivity contribution >= 4 is 5.91 Å². The van der Waals surface area contributed by atoms with Crippen molar-refractivity contribution in [3.63, 3.8) is 0 Å². The minimum atomic E-state index is -2.73. The summed E-state index contributed by atoms with van der Waals surface area (Å²) >= 11 is 0. The number of amides is 1. The van der Waals surface area contributed by atoms with Crippen LogP contribution in [0.4, 0.5) is 26.3 Å². The van der Waals surface area contributed by atoms with Gasteiger partial charge in [-0.2, -0.15) is 0 Å². The Balaban J connectivity index is 0.000000285. The summed E-state index contributed by atoms with van der Waals surface area (Å²) in [6.45, 7) is 10.0. The Bertz CT molecular complexity index is 1390. The number of hydrogen-bond donors (Lipinski definition) is 10. The predicted octanol–water partition coefficient (Wildman–Crippen LogP) is 1.08. The van der Waals surface area contributed by atoms with E-state index in [-0.39, 0.29) is 44.5 Å². The van der Waals surface area contributed by atoms with E-state index in [0.29, 0.717) is 45.6 Å². The van der Waals surface area contributed by atoms with Gasteiger partial charge >= 0.3 is 0 Å². The van der Waals surface area contributed by atoms with E-state index in [1.54, 1.807) is 15.9 Å². The third-order valence-corrected chi connectivity index (χ3v) is 11.6. The van der Waals surface area contributed by atoms with Crippen molar-refractivity contribution in [3.05, 3.63) is 48.6 Å². The van der Waals surface area contributed by atoms with Crippen LogP contribution in [0.25, 0.3) is 0 Å². The van der Waals surface area contributed by atoms with Crippen LogP contribution >= 0.6 is 0 Å². The van der Waals surface area contributed by atoms with Crippen LogP contribution in [0.3, 0.4) is 0 Å². The van der Waals surface area contributed by atoms with Crippen LogP contribution < -0.4 is 5.32 Å². The quantitative estimate of drug-likeness (QED) is 0.0992. The van der Waals surface area contributed by atoms with E-state index < -0.39 is 92.0 Å². The molecule has 0 saturated carbocycles. The van der Waals surface area contributed by atoms with E-state index in [1.807, 2.05) is 44.2 Å². The molecule has 4 saturated heterocycles. The molecule has 1 aromatic carbocycles. The number of rotatable bonds is 13. The van der Waals surface area contributed by atoms with Crippen LogP contribution in [-0.4, -0.2) is 200 Å². The molecule has 1 aromatic rings. The van der Waals surface area contributed by atoms with Gasteiger partial charge in [-0.3, -0.25) is 9.69 Å². The Hall–Kier alpha value is -2.47. The fourth-order valence-corrected chi connectivity index (χ4v) is 7.73. The van der Waals surface area contributed by atoms with Gasteiger partial charge in [0.2, 0.25) is 25.2 Å². The lowest BCUT2D eigenvalue weighted by atomic mass is 9.86. The van der Waals surface area contributed by atoms with Gasteiger partial charge < -0.3 is 61.1 Å². The summed E-state index contributed by atoms with van der Waals surface area (Å²) < 4.78 is 75.2. The van der Waals surface area contributed by atoms with Crippen LogP contribution in [0.1, 0.15) is 57.6 Å². The Morgan fingerprint density at radius 1 is 0.661 bits per heavy atom. The average Bonchev–Trinajstić information content (AvgIpc) is 3.24. The van der Waals surface area contributed by atoms with Crippen molar-refractivity contribution in [2.45, 2.75) is 120 Å². The number of piperidine rings is 4. The number of carbonyl (C=O) groups is 1. The van der Waals surface area contributed by atoms with Gasteiger partial charge in [0.15, 0.2) is 0 Å². The maximum absolute atomic E-state index is 12.6. The highest BCUT2D eigenvalue weighted by molar-refractivity contribution is 5.76. The molecular formula is C42H70F6N4O10. The van der Waals surface area contributed by atoms with Gasteiger partial charge in [-0.25, -0.2) is 26.3 Å². The molecule has 0 radical (unpaired) electrons. The number of β-amino-alcohol motifs (C(OH)–C–C–N with tert-alkyl or cyclic N) is 4. The number of nitrogens with zero attached hydrogens (tertiary/aromatic N) is 3. The predicted molar refractivity (Wildman–Crippen MR) is 218 cm³/mol. The Morgan fingerprint density at radius 2 is 1.13 bits per heavy atom. The van der Waals surface area contributed by atoms with Crippen molar-refractivity contribution in [1.82, 2.24) is 20.0 Å². The Labute approximate surface area is 360 Å². The second-order valence-corrected chi connectivity index (χ2v) is 16.4. The normalized spacial score (nSPS) is 32.5. The number of benzene rings is 1. The maximum Gasteiger partial charge on any atom is 0.245 e. The fourth-order valence-electron chi connectivity index (χ4n) is 7.73. The standard InChI is InChI=1S/C12H17NO3.C11H19F2NO3.C10H19F2NO2.C9H15F2NO2/c14-10-7-13-6-9(12(10)16)11(15)8-4-2-1-3-5-8;1-2-3-4-9(16)14-5-7(11(12)13)10(17)8(15)6-14;1-2-3-4-13-5-7(10(11)12)9(15)8(14)6-13;1-2-3-12-4-6(9(10)11)8(14)7(13)5-12/h1-5,9-16H,6-7H2;7-8,10-11,15,17H,2-6H2,1H3;7-10,14-15H,2-6H2,1H3;2,6-9,13-14H,1,3-5H2/t9-,10-,11?,12-;7-,8+,10+;7-,8+,9+;6-,7+,8+/m1000/s1. The van der Waals surface area contributed by atoms with Crippen molar-refractivity contribution in [1.29, 1.82) is 0 Å². The average molecular weight is 905 g/mol. The zero-order chi connectivity index (χ0) is 46.7. The van der Waals surface area contributed by atoms with Crippen molar-refractivity contribution in [2.24, 2.45) is 23.7 Å². The molecule has 360 valence electrons. The molecule has 62 heavy (non-hydrogen) atoms. The molecule has 0 aromatic heterocycles. The molecule has 4 fully saturated rings. The van der Waals surface area contributed by atoms with Crippen LogP contribution in [0.5, 0.6) is 0 Å². The topological polar surface area (TPSA) is 221 Å². The third-order valence-electron chi connectivity index (χ3n) is 11.6. The second kappa shape index (κ2) is 28.4. The van der Waals surface area contributed by atoms with E-state index >= 15 is 0 Å². The maximum atomic E-state index is 12.6. The van der Waals surface area contributed by atoms with E-state index in [1.165, 1.54) is 4.90 Å². The van der Waals surface area contributed by atoms with Crippen molar-refractivity contribution in [3.8, 4) is 0 Å². The summed E-state index contributed by atoms with van der Waals surface area (Å²) in [6.07, 6.45) is -12.5. The molecule has 4 aliphatic heterocycles. The Kier molecular flexibility index (Phi) is 25.5. The number of alkyl halides is 6. The van der Waals surface area contributed by atoms with Crippen molar-refractivity contribution in [2.75, 3.05) is 65.4 Å². The number of halogens is 6. The van der Waals surface area contributed by atoms with Crippen molar-refractivity contribution < 1.29 is 77.1 Å². The lowest BCUT2D eigenvalue weighted by Crippen LogP contribution is -2.56. The molecule has 0 aliphatic carbocycles. The number of hydrogen-bond acceptors (Lipinski definition) is 13. The molecule has 13 atom stereocenters. The van der Waals surface area contributed by atoms with Gasteiger partial charge in [0, 0.05) is 71.2 Å². The highest BCUT2D eigenvalue weighted by Crippen LogP contribution is 2.29. The van der Waals surface area contributed by atoms with Gasteiger partial charge in [0.25, 0.3) is 0 Å². The highest BCUT2D eigenvalue weighted by Gasteiger charge is 2.42. The first-order valence-corrected chi connectivity index (χ1v) is 21.3. The molecule has 20 heteroatoms. The first-order chi connectivity index (χ1) is 29.3. The summed E-state index contributed by atoms with van der Waals surface area (Å²) in [5, 5.41) is 88.8. The largest absolute Gasteiger partial charge is 0.390 e. The molecule has 1 unspecified atom stereocenters. The monoisotopic (exact) mass is 904 g/mol. The fraction of sp³-hybridized carbons (Fsp3) is 0.786. The summed E-state index contributed by atoms with van der Waals surface area (Å²) in [5.74, 6) is -4.25. The Morgan fingerprint density at radius 3 is 1.63 bits per heavy atom. The van der Waals surface area contributed by atoms with E-state index in [9.17, 15) is 77.1 Å². The van der Waals surface area contributed by atoms with Crippen LogP contribution in [0, 0.1) is 23.7 Å². The highest BCUT2D eigenvalue weighted by atomic mass is 19.3. The number of carbonyl (C=O) groups excluding carboxylic acids is 1. The SMILES string of the molecule is C=CCN1C[C@@H](O)[C@H](O)[C@@H](C(F)F)C1.CCCCC(=O)N1C[C@@H](O)[C@H](O)[C@@H](C(F)F)C1.CCCCN1C[C@@H](O)[C@H](O)[C@@H](C(F)F)C1.OC(c1ccccc1)[C@H]1CNC[C@@H](O)[C@@H]1O. The van der Waals surface area contributed by atoms with Crippen LogP contribution in [-0.2, 0) is 4.79 Å². The van der Waals surface area contributed by atoms with E-state index in [4.69, 9.17) is 0 Å². The summed E-state index contributed by atoms with van der Waals surface area (Å²) in [7, 11) is 0. The molecule has 4 heterocycles. The minimum absolute atomic E-state index is 0.0626. The lowest BCUT2D eigenvalue weighted by Gasteiger charge is -2.39. The minimum Gasteiger partial charge on any atom is -0.390 e. The molecule has 10 N–H and O–H groups in total. The zero-order valence-electron chi connectivity index (χ0n) is 35.6. The second-order valence-electron chi connectivity index (χ2n) is 16.4. The number of aliphatic hydroxyl groups is 9. The van der Waals surface area contributed by atoms with Gasteiger partial charge in [0.05, 0.1) is 72.7 Å².